The van der Waals surface area contributed by atoms with Crippen LogP contribution in [-0.2, 0) is 21.8 Å². The lowest BCUT2D eigenvalue weighted by molar-refractivity contribution is 0.311. The van der Waals surface area contributed by atoms with Crippen LogP contribution in [0.3, 0.4) is 0 Å². The van der Waals surface area contributed by atoms with Gasteiger partial charge in [0.05, 0.1) is 23.1 Å². The van der Waals surface area contributed by atoms with E-state index in [4.69, 9.17) is 15.5 Å². The maximum Gasteiger partial charge on any atom is 0.168 e. The Morgan fingerprint density at radius 1 is 1.15 bits per heavy atom. The number of sulfone groups is 1. The Bertz CT molecular complexity index is 1420. The van der Waals surface area contributed by atoms with Crippen molar-refractivity contribution in [1.29, 1.82) is 0 Å². The largest absolute Gasteiger partial charge is 0.493 e. The lowest BCUT2D eigenvalue weighted by atomic mass is 9.85. The highest BCUT2D eigenvalue weighted by atomic mass is 32.2. The molecule has 0 spiro atoms. The van der Waals surface area contributed by atoms with Crippen LogP contribution < -0.4 is 10.5 Å². The number of aromatic nitrogens is 3. The molecule has 2 atom stereocenters. The van der Waals surface area contributed by atoms with Gasteiger partial charge in [0.25, 0.3) is 0 Å². The number of benzene rings is 1. The van der Waals surface area contributed by atoms with E-state index >= 15 is 0 Å². The van der Waals surface area contributed by atoms with Crippen LogP contribution in [0.1, 0.15) is 49.6 Å². The van der Waals surface area contributed by atoms with Gasteiger partial charge in [-0.2, -0.15) is 0 Å². The third kappa shape index (κ3) is 3.20. The lowest BCUT2D eigenvalue weighted by Crippen LogP contribution is -2.59. The molecular weight excluding hydrogens is 438 g/mol. The zero-order valence-corrected chi connectivity index (χ0v) is 20.0. The minimum absolute atomic E-state index is 0.126. The molecular formula is C24H27N5O3S. The summed E-state index contributed by atoms with van der Waals surface area (Å²) >= 11 is 0. The summed E-state index contributed by atoms with van der Waals surface area (Å²) in [7, 11) is -3.61. The van der Waals surface area contributed by atoms with Crippen LogP contribution in [-0.4, -0.2) is 45.8 Å². The summed E-state index contributed by atoms with van der Waals surface area (Å²) in [5, 5.41) is -0.728. The molecule has 2 aromatic heterocycles. The van der Waals surface area contributed by atoms with Crippen molar-refractivity contribution in [2.45, 2.75) is 56.1 Å². The second-order valence-corrected chi connectivity index (χ2v) is 12.2. The summed E-state index contributed by atoms with van der Waals surface area (Å²) in [6, 6.07) is 7.81. The van der Waals surface area contributed by atoms with E-state index in [1.165, 1.54) is 0 Å². The number of amidine groups is 1. The van der Waals surface area contributed by atoms with Gasteiger partial charge in [-0.1, -0.05) is 6.07 Å². The summed E-state index contributed by atoms with van der Waals surface area (Å²) in [5.74, 6) is 0.761. The molecule has 4 heterocycles. The van der Waals surface area contributed by atoms with Crippen LogP contribution in [0.5, 0.6) is 5.75 Å². The van der Waals surface area contributed by atoms with Gasteiger partial charge in [0.1, 0.15) is 33.7 Å². The molecule has 2 aliphatic rings. The lowest BCUT2D eigenvalue weighted by Gasteiger charge is -2.43. The van der Waals surface area contributed by atoms with Gasteiger partial charge in [0, 0.05) is 24.6 Å². The molecule has 172 valence electrons. The topological polar surface area (TPSA) is 120 Å². The zero-order chi connectivity index (χ0) is 23.6. The molecule has 1 aromatic carbocycles. The molecule has 2 N–H and O–H groups in total. The van der Waals surface area contributed by atoms with E-state index in [9.17, 15) is 8.42 Å². The highest BCUT2D eigenvalue weighted by Gasteiger charge is 2.57. The number of hydrogen-bond acceptors (Lipinski definition) is 8. The molecule has 0 unspecified atom stereocenters. The number of aryl methyl sites for hydroxylation is 1. The van der Waals surface area contributed by atoms with E-state index in [2.05, 4.69) is 15.0 Å². The molecule has 0 fully saturated rings. The number of fused-ring (bicyclic) bond motifs is 4. The van der Waals surface area contributed by atoms with Gasteiger partial charge in [-0.25, -0.2) is 18.4 Å². The van der Waals surface area contributed by atoms with E-state index < -0.39 is 25.4 Å². The van der Waals surface area contributed by atoms with Crippen molar-refractivity contribution < 1.29 is 13.2 Å². The Hall–Kier alpha value is -3.07. The number of ether oxygens (including phenoxy) is 1. The Morgan fingerprint density at radius 3 is 2.73 bits per heavy atom. The molecule has 0 amide bonds. The van der Waals surface area contributed by atoms with Crippen LogP contribution in [0.2, 0.25) is 0 Å². The standard InChI is InChI=1S/C24H27N5O3S/c1-14-9-17-21(26-12-14)18(28-13-27-17)11-15-5-6-19-16(10-15)24(4)20(7-8-32-19)33(30,31)23(2,3)22(25)29-24/h5-6,9-10,12-13,20H,7-8,11H2,1-4H3,(H2,25,29)/t20-,24-/m1/s1. The molecule has 3 aromatic rings. The van der Waals surface area contributed by atoms with Crippen molar-refractivity contribution >= 4 is 26.7 Å². The number of nitrogens with two attached hydrogens (primary N) is 1. The summed E-state index contributed by atoms with van der Waals surface area (Å²) < 4.78 is 31.9. The molecule has 0 aliphatic carbocycles. The number of nitrogens with zero attached hydrogens (tertiary/aromatic N) is 4. The molecule has 0 bridgehead atoms. The highest BCUT2D eigenvalue weighted by molar-refractivity contribution is 7.94. The second kappa shape index (κ2) is 7.21. The molecule has 5 rings (SSSR count). The molecule has 8 nitrogen and oxygen atoms in total. The predicted molar refractivity (Wildman–Crippen MR) is 127 cm³/mol. The van der Waals surface area contributed by atoms with Gasteiger partial charge in [-0.05, 0) is 57.0 Å². The van der Waals surface area contributed by atoms with E-state index in [0.717, 1.165) is 33.4 Å². The number of pyridine rings is 1. The second-order valence-electron chi connectivity index (χ2n) is 9.53. The number of rotatable bonds is 2. The van der Waals surface area contributed by atoms with Crippen LogP contribution in [0.4, 0.5) is 0 Å². The van der Waals surface area contributed by atoms with Crippen LogP contribution in [0, 0.1) is 6.92 Å². The molecule has 9 heteroatoms. The van der Waals surface area contributed by atoms with Crippen molar-refractivity contribution in [3.63, 3.8) is 0 Å². The fourth-order valence-electron chi connectivity index (χ4n) is 4.83. The van der Waals surface area contributed by atoms with Gasteiger partial charge in [-0.15, -0.1) is 0 Å². The summed E-state index contributed by atoms with van der Waals surface area (Å²) in [4.78, 5) is 18.1. The van der Waals surface area contributed by atoms with Gasteiger partial charge >= 0.3 is 0 Å². The van der Waals surface area contributed by atoms with Crippen molar-refractivity contribution in [2.24, 2.45) is 10.7 Å². The SMILES string of the molecule is Cc1cnc2c(Cc3ccc4c(c3)[C@@]3(C)N=C(N)C(C)(C)S(=O)(=O)[C@@H]3CCO4)ncnc2c1. The van der Waals surface area contributed by atoms with Crippen molar-refractivity contribution in [3.05, 3.63) is 59.2 Å². The zero-order valence-electron chi connectivity index (χ0n) is 19.2. The third-order valence-corrected chi connectivity index (χ3v) is 10.0. The van der Waals surface area contributed by atoms with E-state index in [1.54, 1.807) is 26.4 Å². The van der Waals surface area contributed by atoms with Crippen LogP contribution in [0.25, 0.3) is 11.0 Å². The van der Waals surface area contributed by atoms with Crippen LogP contribution >= 0.6 is 0 Å². The summed E-state index contributed by atoms with van der Waals surface area (Å²) in [6.45, 7) is 7.37. The summed E-state index contributed by atoms with van der Waals surface area (Å²) in [6.07, 6.45) is 4.21. The number of hydrogen-bond donors (Lipinski definition) is 1. The smallest absolute Gasteiger partial charge is 0.168 e. The summed E-state index contributed by atoms with van der Waals surface area (Å²) in [5.41, 5.74) is 10.3. The molecule has 0 saturated heterocycles. The first-order valence-corrected chi connectivity index (χ1v) is 12.5. The van der Waals surface area contributed by atoms with Crippen LogP contribution in [0.15, 0.2) is 41.8 Å². The quantitative estimate of drug-likeness (QED) is 0.618. The van der Waals surface area contributed by atoms with Gasteiger partial charge in [0.15, 0.2) is 9.84 Å². The Kier molecular flexibility index (Phi) is 4.76. The first-order valence-electron chi connectivity index (χ1n) is 11.0. The van der Waals surface area contributed by atoms with Gasteiger partial charge in [0.2, 0.25) is 0 Å². The fraction of sp³-hybridized carbons (Fsp3) is 0.417. The predicted octanol–water partition coefficient (Wildman–Crippen LogP) is 2.85. The Balaban J connectivity index is 1.64. The maximum atomic E-state index is 13.6. The molecule has 0 saturated carbocycles. The van der Waals surface area contributed by atoms with E-state index in [0.29, 0.717) is 25.2 Å². The average molecular weight is 466 g/mol. The first kappa shape index (κ1) is 21.8. The average Bonchev–Trinajstić information content (AvgIpc) is 2.90. The van der Waals surface area contributed by atoms with Crippen molar-refractivity contribution in [3.8, 4) is 5.75 Å². The van der Waals surface area contributed by atoms with Crippen molar-refractivity contribution in [1.82, 2.24) is 15.0 Å². The van der Waals surface area contributed by atoms with Gasteiger partial charge < -0.3 is 10.5 Å². The van der Waals surface area contributed by atoms with E-state index in [-0.39, 0.29) is 5.84 Å². The van der Waals surface area contributed by atoms with Crippen molar-refractivity contribution in [2.75, 3.05) is 6.61 Å². The molecule has 2 aliphatic heterocycles. The minimum Gasteiger partial charge on any atom is -0.493 e. The fourth-order valence-corrected chi connectivity index (χ4v) is 7.07. The Morgan fingerprint density at radius 2 is 1.94 bits per heavy atom. The normalized spacial score (nSPS) is 25.3. The van der Waals surface area contributed by atoms with Gasteiger partial charge in [-0.3, -0.25) is 9.98 Å². The maximum absolute atomic E-state index is 13.6. The third-order valence-electron chi connectivity index (χ3n) is 6.97. The first-order chi connectivity index (χ1) is 15.5. The van der Waals surface area contributed by atoms with E-state index in [1.807, 2.05) is 38.1 Å². The Labute approximate surface area is 193 Å². The molecule has 33 heavy (non-hydrogen) atoms. The minimum atomic E-state index is -3.61. The molecule has 0 radical (unpaired) electrons. The number of aliphatic imine (C=N–C) groups is 1. The highest BCUT2D eigenvalue weighted by Crippen LogP contribution is 2.48. The monoisotopic (exact) mass is 465 g/mol.